The van der Waals surface area contributed by atoms with Crippen molar-refractivity contribution in [2.45, 2.75) is 31.1 Å². The van der Waals surface area contributed by atoms with Crippen LogP contribution in [0, 0.1) is 0 Å². The molecule has 0 heterocycles. The molecule has 1 fully saturated rings. The van der Waals surface area contributed by atoms with E-state index in [4.69, 9.17) is 0 Å². The summed E-state index contributed by atoms with van der Waals surface area (Å²) in [6, 6.07) is 8.92. The van der Waals surface area contributed by atoms with Gasteiger partial charge < -0.3 is 5.32 Å². The second kappa shape index (κ2) is 4.79. The average Bonchev–Trinajstić information content (AvgIpc) is 2.11. The molecule has 2 nitrogen and oxygen atoms in total. The van der Waals surface area contributed by atoms with Crippen molar-refractivity contribution in [2.75, 3.05) is 11.6 Å². The summed E-state index contributed by atoms with van der Waals surface area (Å²) in [5.74, 6) is 0.653. The molecule has 0 amide bonds. The van der Waals surface area contributed by atoms with Crippen molar-refractivity contribution >= 4 is 16.5 Å². The minimum Gasteiger partial charge on any atom is -0.382 e. The largest absolute Gasteiger partial charge is 0.382 e. The Hall–Kier alpha value is -0.830. The smallest absolute Gasteiger partial charge is 0.0483 e. The molecule has 3 heteroatoms. The first-order chi connectivity index (χ1) is 7.24. The third-order valence-electron chi connectivity index (χ3n) is 2.77. The quantitative estimate of drug-likeness (QED) is 0.850. The van der Waals surface area contributed by atoms with E-state index >= 15 is 0 Å². The standard InChI is InChI=1S/C12H17NOS/c1-15(14)9-10-4-2-7-12(8-10)13-11-5-3-6-11/h2,4,7-8,11,13H,3,5-6,9H2,1H3. The van der Waals surface area contributed by atoms with Crippen LogP contribution in [0.3, 0.4) is 0 Å². The number of nitrogens with one attached hydrogen (secondary N) is 1. The Bertz CT molecular complexity index is 360. The van der Waals surface area contributed by atoms with Crippen molar-refractivity contribution in [2.24, 2.45) is 0 Å². The van der Waals surface area contributed by atoms with Gasteiger partial charge in [-0.1, -0.05) is 12.1 Å². The summed E-state index contributed by atoms with van der Waals surface area (Å²) >= 11 is 0. The lowest BCUT2D eigenvalue weighted by atomic mass is 9.93. The van der Waals surface area contributed by atoms with Gasteiger partial charge in [0.2, 0.25) is 0 Å². The molecule has 15 heavy (non-hydrogen) atoms. The first-order valence-corrected chi connectivity index (χ1v) is 7.12. The molecule has 0 radical (unpaired) electrons. The van der Waals surface area contributed by atoms with E-state index in [0.29, 0.717) is 11.8 Å². The monoisotopic (exact) mass is 223 g/mol. The van der Waals surface area contributed by atoms with Gasteiger partial charge in [0.1, 0.15) is 0 Å². The van der Waals surface area contributed by atoms with Crippen LogP contribution in [0.5, 0.6) is 0 Å². The summed E-state index contributed by atoms with van der Waals surface area (Å²) in [6.45, 7) is 0. The zero-order chi connectivity index (χ0) is 10.7. The normalized spacial score (nSPS) is 18.2. The Labute approximate surface area is 93.5 Å². The number of rotatable bonds is 4. The van der Waals surface area contributed by atoms with Crippen LogP contribution in [-0.2, 0) is 16.6 Å². The highest BCUT2D eigenvalue weighted by molar-refractivity contribution is 7.83. The van der Waals surface area contributed by atoms with Gasteiger partial charge in [-0.25, -0.2) is 0 Å². The fourth-order valence-corrected chi connectivity index (χ4v) is 2.42. The summed E-state index contributed by atoms with van der Waals surface area (Å²) in [5, 5.41) is 3.49. The molecule has 1 aromatic carbocycles. The van der Waals surface area contributed by atoms with Crippen molar-refractivity contribution in [3.63, 3.8) is 0 Å². The van der Waals surface area contributed by atoms with Gasteiger partial charge in [-0.2, -0.15) is 0 Å². The van der Waals surface area contributed by atoms with E-state index in [9.17, 15) is 4.21 Å². The summed E-state index contributed by atoms with van der Waals surface area (Å²) in [6.07, 6.45) is 5.65. The molecule has 2 rings (SSSR count). The fourth-order valence-electron chi connectivity index (χ4n) is 1.77. The lowest BCUT2D eigenvalue weighted by Gasteiger charge is -2.27. The van der Waals surface area contributed by atoms with E-state index in [1.807, 2.05) is 12.1 Å². The van der Waals surface area contributed by atoms with Crippen molar-refractivity contribution in [3.05, 3.63) is 29.8 Å². The highest BCUT2D eigenvalue weighted by atomic mass is 32.2. The second-order valence-electron chi connectivity index (χ2n) is 4.19. The second-order valence-corrected chi connectivity index (χ2v) is 5.63. The Morgan fingerprint density at radius 1 is 1.47 bits per heavy atom. The fraction of sp³-hybridized carbons (Fsp3) is 0.500. The predicted octanol–water partition coefficient (Wildman–Crippen LogP) is 2.53. The van der Waals surface area contributed by atoms with Crippen LogP contribution in [0.4, 0.5) is 5.69 Å². The first kappa shape index (κ1) is 10.7. The molecule has 1 atom stereocenters. The van der Waals surface area contributed by atoms with E-state index in [1.165, 1.54) is 24.9 Å². The van der Waals surface area contributed by atoms with Crippen molar-refractivity contribution in [3.8, 4) is 0 Å². The minimum atomic E-state index is -0.753. The van der Waals surface area contributed by atoms with Crippen molar-refractivity contribution in [1.82, 2.24) is 0 Å². The van der Waals surface area contributed by atoms with Gasteiger partial charge in [0.15, 0.2) is 0 Å². The summed E-state index contributed by atoms with van der Waals surface area (Å²) in [5.41, 5.74) is 2.32. The van der Waals surface area contributed by atoms with Crippen molar-refractivity contribution in [1.29, 1.82) is 0 Å². The van der Waals surface area contributed by atoms with Crippen LogP contribution in [0.15, 0.2) is 24.3 Å². The van der Waals surface area contributed by atoms with E-state index < -0.39 is 10.8 Å². The molecule has 0 saturated heterocycles. The van der Waals surface area contributed by atoms with E-state index in [1.54, 1.807) is 6.26 Å². The highest BCUT2D eigenvalue weighted by Crippen LogP contribution is 2.23. The Balaban J connectivity index is 2.00. The molecule has 0 aromatic heterocycles. The molecule has 1 unspecified atom stereocenters. The highest BCUT2D eigenvalue weighted by Gasteiger charge is 2.16. The molecular formula is C12H17NOS. The molecule has 1 aliphatic rings. The zero-order valence-corrected chi connectivity index (χ0v) is 9.85. The maximum absolute atomic E-state index is 11.1. The lowest BCUT2D eigenvalue weighted by Crippen LogP contribution is -2.26. The Morgan fingerprint density at radius 3 is 2.87 bits per heavy atom. The predicted molar refractivity (Wildman–Crippen MR) is 65.5 cm³/mol. The topological polar surface area (TPSA) is 29.1 Å². The first-order valence-electron chi connectivity index (χ1n) is 5.39. The average molecular weight is 223 g/mol. The van der Waals surface area contributed by atoms with Crippen LogP contribution >= 0.6 is 0 Å². The molecule has 0 bridgehead atoms. The van der Waals surface area contributed by atoms with E-state index in [2.05, 4.69) is 17.4 Å². The summed E-state index contributed by atoms with van der Waals surface area (Å²) in [4.78, 5) is 0. The number of hydrogen-bond donors (Lipinski definition) is 1. The van der Waals surface area contributed by atoms with Gasteiger partial charge in [-0.15, -0.1) is 0 Å². The molecule has 1 aliphatic carbocycles. The van der Waals surface area contributed by atoms with Crippen LogP contribution in [-0.4, -0.2) is 16.5 Å². The van der Waals surface area contributed by atoms with E-state index in [-0.39, 0.29) is 0 Å². The number of anilines is 1. The molecule has 82 valence electrons. The van der Waals surface area contributed by atoms with Crippen LogP contribution in [0.25, 0.3) is 0 Å². The third kappa shape index (κ3) is 3.06. The summed E-state index contributed by atoms with van der Waals surface area (Å²) < 4.78 is 11.1. The van der Waals surface area contributed by atoms with E-state index in [0.717, 1.165) is 5.56 Å². The van der Waals surface area contributed by atoms with Gasteiger partial charge in [-0.3, -0.25) is 4.21 Å². The Kier molecular flexibility index (Phi) is 3.41. The number of benzene rings is 1. The lowest BCUT2D eigenvalue weighted by molar-refractivity contribution is 0.445. The van der Waals surface area contributed by atoms with Gasteiger partial charge in [0.25, 0.3) is 0 Å². The molecule has 0 aliphatic heterocycles. The third-order valence-corrected chi connectivity index (χ3v) is 3.51. The maximum Gasteiger partial charge on any atom is 0.0483 e. The SMILES string of the molecule is CS(=O)Cc1cccc(NC2CCC2)c1. The summed E-state index contributed by atoms with van der Waals surface area (Å²) in [7, 11) is -0.753. The minimum absolute atomic E-state index is 0.653. The molecule has 1 saturated carbocycles. The molecule has 1 N–H and O–H groups in total. The Morgan fingerprint density at radius 2 is 2.27 bits per heavy atom. The zero-order valence-electron chi connectivity index (χ0n) is 9.03. The van der Waals surface area contributed by atoms with Crippen LogP contribution in [0.2, 0.25) is 0 Å². The van der Waals surface area contributed by atoms with Gasteiger partial charge in [0.05, 0.1) is 0 Å². The molecular weight excluding hydrogens is 206 g/mol. The van der Waals surface area contributed by atoms with Crippen molar-refractivity contribution < 1.29 is 4.21 Å². The van der Waals surface area contributed by atoms with Gasteiger partial charge in [0, 0.05) is 34.5 Å². The molecule has 0 spiro atoms. The van der Waals surface area contributed by atoms with Gasteiger partial charge in [-0.05, 0) is 37.0 Å². The molecule has 1 aromatic rings. The van der Waals surface area contributed by atoms with Crippen LogP contribution in [0.1, 0.15) is 24.8 Å². The number of hydrogen-bond acceptors (Lipinski definition) is 2. The van der Waals surface area contributed by atoms with Crippen LogP contribution < -0.4 is 5.32 Å². The van der Waals surface area contributed by atoms with Gasteiger partial charge >= 0.3 is 0 Å². The maximum atomic E-state index is 11.1.